The molecule has 1 heterocycles. The maximum absolute atomic E-state index is 12.5. The highest BCUT2D eigenvalue weighted by Gasteiger charge is 2.35. The molecule has 116 valence electrons. The number of rotatable bonds is 2. The van der Waals surface area contributed by atoms with Gasteiger partial charge in [0.15, 0.2) is 0 Å². The molecular weight excluding hydrogens is 264 g/mol. The van der Waals surface area contributed by atoms with Crippen LogP contribution in [0.5, 0.6) is 0 Å². The summed E-state index contributed by atoms with van der Waals surface area (Å²) in [7, 11) is 3.86. The third kappa shape index (κ3) is 3.44. The minimum atomic E-state index is -0.474. The summed E-state index contributed by atoms with van der Waals surface area (Å²) < 4.78 is 0. The Kier molecular flexibility index (Phi) is 4.40. The first-order chi connectivity index (χ1) is 9.70. The van der Waals surface area contributed by atoms with Crippen molar-refractivity contribution >= 4 is 5.91 Å². The highest BCUT2D eigenvalue weighted by Crippen LogP contribution is 2.23. The van der Waals surface area contributed by atoms with Gasteiger partial charge < -0.3 is 14.9 Å². The summed E-state index contributed by atoms with van der Waals surface area (Å²) in [6.07, 6.45) is -0.474. The number of carbonyl (C=O) groups excluding carboxylic acids is 1. The lowest BCUT2D eigenvalue weighted by Crippen LogP contribution is -2.38. The van der Waals surface area contributed by atoms with Gasteiger partial charge >= 0.3 is 0 Å². The van der Waals surface area contributed by atoms with Crippen LogP contribution in [-0.2, 0) is 5.41 Å². The number of carbonyl (C=O) groups is 1. The lowest BCUT2D eigenvalue weighted by molar-refractivity contribution is 0.0764. The van der Waals surface area contributed by atoms with E-state index in [9.17, 15) is 9.90 Å². The molecule has 2 rings (SSSR count). The molecule has 1 aromatic rings. The smallest absolute Gasteiger partial charge is 0.253 e. The molecule has 0 saturated carbocycles. The summed E-state index contributed by atoms with van der Waals surface area (Å²) in [5, 5.41) is 10.0. The fourth-order valence-electron chi connectivity index (χ4n) is 2.74. The molecule has 2 atom stereocenters. The first-order valence-corrected chi connectivity index (χ1v) is 7.44. The van der Waals surface area contributed by atoms with Crippen molar-refractivity contribution in [1.29, 1.82) is 0 Å². The monoisotopic (exact) mass is 290 g/mol. The van der Waals surface area contributed by atoms with Gasteiger partial charge in [0.1, 0.15) is 0 Å². The molecule has 0 bridgehead atoms. The van der Waals surface area contributed by atoms with Crippen LogP contribution in [0.3, 0.4) is 0 Å². The molecular formula is C17H26N2O2. The van der Waals surface area contributed by atoms with E-state index in [1.54, 1.807) is 4.90 Å². The van der Waals surface area contributed by atoms with Crippen LogP contribution in [0.2, 0.25) is 0 Å². The Morgan fingerprint density at radius 2 is 1.76 bits per heavy atom. The second kappa shape index (κ2) is 5.78. The molecule has 1 N–H and O–H groups in total. The second-order valence-corrected chi connectivity index (χ2v) is 7.14. The standard InChI is InChI=1S/C17H26N2O2/c1-17(2,3)13-8-6-12(7-9-13)16(21)19-10-14(18(4)5)15(20)11-19/h6-9,14-15,20H,10-11H2,1-5H3/t14-,15-/m1/s1. The zero-order valence-electron chi connectivity index (χ0n) is 13.6. The fraction of sp³-hybridized carbons (Fsp3) is 0.588. The van der Waals surface area contributed by atoms with Crippen molar-refractivity contribution in [1.82, 2.24) is 9.80 Å². The van der Waals surface area contributed by atoms with E-state index < -0.39 is 6.10 Å². The average molecular weight is 290 g/mol. The molecule has 1 aromatic carbocycles. The van der Waals surface area contributed by atoms with Gasteiger partial charge in [0.2, 0.25) is 0 Å². The molecule has 0 aromatic heterocycles. The van der Waals surface area contributed by atoms with E-state index in [2.05, 4.69) is 20.8 Å². The molecule has 1 amide bonds. The van der Waals surface area contributed by atoms with Crippen molar-refractivity contribution in [2.24, 2.45) is 0 Å². The number of nitrogens with zero attached hydrogens (tertiary/aromatic N) is 2. The number of amides is 1. The maximum atomic E-state index is 12.5. The minimum absolute atomic E-state index is 0.00106. The number of hydrogen-bond donors (Lipinski definition) is 1. The van der Waals surface area contributed by atoms with Gasteiger partial charge in [-0.2, -0.15) is 0 Å². The van der Waals surface area contributed by atoms with Crippen molar-refractivity contribution in [2.75, 3.05) is 27.2 Å². The Morgan fingerprint density at radius 1 is 1.19 bits per heavy atom. The lowest BCUT2D eigenvalue weighted by Gasteiger charge is -2.22. The van der Waals surface area contributed by atoms with E-state index in [4.69, 9.17) is 0 Å². The Balaban J connectivity index is 2.11. The molecule has 0 radical (unpaired) electrons. The molecule has 4 heteroatoms. The fourth-order valence-corrected chi connectivity index (χ4v) is 2.74. The zero-order valence-corrected chi connectivity index (χ0v) is 13.6. The summed E-state index contributed by atoms with van der Waals surface area (Å²) in [6, 6.07) is 7.82. The number of β-amino-alcohol motifs (C(OH)–C–C–N with tert-alkyl or cyclic N) is 1. The van der Waals surface area contributed by atoms with Gasteiger partial charge in [0.05, 0.1) is 12.1 Å². The molecule has 4 nitrogen and oxygen atoms in total. The van der Waals surface area contributed by atoms with Crippen LogP contribution in [-0.4, -0.2) is 60.1 Å². The summed E-state index contributed by atoms with van der Waals surface area (Å²) in [5.74, 6) is -0.00106. The van der Waals surface area contributed by atoms with Gasteiger partial charge in [-0.15, -0.1) is 0 Å². The van der Waals surface area contributed by atoms with E-state index in [0.717, 1.165) is 0 Å². The lowest BCUT2D eigenvalue weighted by atomic mass is 9.86. The Bertz CT molecular complexity index is 503. The minimum Gasteiger partial charge on any atom is -0.390 e. The van der Waals surface area contributed by atoms with E-state index in [1.807, 2.05) is 43.3 Å². The number of likely N-dealkylation sites (tertiary alicyclic amines) is 1. The predicted octanol–water partition coefficient (Wildman–Crippen LogP) is 1.73. The number of aliphatic hydroxyl groups is 1. The van der Waals surface area contributed by atoms with E-state index >= 15 is 0 Å². The molecule has 0 aliphatic carbocycles. The largest absolute Gasteiger partial charge is 0.390 e. The number of aliphatic hydroxyl groups excluding tert-OH is 1. The first kappa shape index (κ1) is 16.0. The molecule has 0 unspecified atom stereocenters. The third-order valence-corrected chi connectivity index (χ3v) is 4.21. The highest BCUT2D eigenvalue weighted by atomic mass is 16.3. The van der Waals surface area contributed by atoms with Crippen LogP contribution >= 0.6 is 0 Å². The van der Waals surface area contributed by atoms with E-state index in [0.29, 0.717) is 18.7 Å². The van der Waals surface area contributed by atoms with Crippen molar-refractivity contribution in [2.45, 2.75) is 38.3 Å². The molecule has 21 heavy (non-hydrogen) atoms. The second-order valence-electron chi connectivity index (χ2n) is 7.14. The van der Waals surface area contributed by atoms with Crippen LogP contribution in [0, 0.1) is 0 Å². The molecule has 1 aliphatic heterocycles. The summed E-state index contributed by atoms with van der Waals surface area (Å²) in [4.78, 5) is 16.2. The van der Waals surface area contributed by atoms with Crippen molar-refractivity contribution < 1.29 is 9.90 Å². The SMILES string of the molecule is CN(C)[C@@H]1CN(C(=O)c2ccc(C(C)(C)C)cc2)C[C@H]1O. The predicted molar refractivity (Wildman–Crippen MR) is 84.5 cm³/mol. The highest BCUT2D eigenvalue weighted by molar-refractivity contribution is 5.94. The van der Waals surface area contributed by atoms with Gasteiger partial charge in [-0.05, 0) is 37.2 Å². The normalized spacial score (nSPS) is 22.9. The van der Waals surface area contributed by atoms with Crippen molar-refractivity contribution in [3.05, 3.63) is 35.4 Å². The third-order valence-electron chi connectivity index (χ3n) is 4.21. The van der Waals surface area contributed by atoms with E-state index in [-0.39, 0.29) is 17.4 Å². The Labute approximate surface area is 127 Å². The van der Waals surface area contributed by atoms with Crippen molar-refractivity contribution in [3.63, 3.8) is 0 Å². The summed E-state index contributed by atoms with van der Waals surface area (Å²) in [6.45, 7) is 7.45. The van der Waals surface area contributed by atoms with Crippen LogP contribution < -0.4 is 0 Å². The molecule has 1 saturated heterocycles. The topological polar surface area (TPSA) is 43.8 Å². The van der Waals surface area contributed by atoms with Crippen molar-refractivity contribution in [3.8, 4) is 0 Å². The average Bonchev–Trinajstić information content (AvgIpc) is 2.79. The molecule has 1 aliphatic rings. The van der Waals surface area contributed by atoms with Crippen LogP contribution in [0.4, 0.5) is 0 Å². The molecule has 1 fully saturated rings. The number of benzene rings is 1. The van der Waals surface area contributed by atoms with Crippen LogP contribution in [0.15, 0.2) is 24.3 Å². The maximum Gasteiger partial charge on any atom is 0.253 e. The number of likely N-dealkylation sites (N-methyl/N-ethyl adjacent to an activating group) is 1. The summed E-state index contributed by atoms with van der Waals surface area (Å²) >= 11 is 0. The van der Waals surface area contributed by atoms with Gasteiger partial charge in [-0.25, -0.2) is 0 Å². The molecule has 0 spiro atoms. The summed E-state index contributed by atoms with van der Waals surface area (Å²) in [5.41, 5.74) is 1.99. The van der Waals surface area contributed by atoms with Crippen LogP contribution in [0.1, 0.15) is 36.7 Å². The van der Waals surface area contributed by atoms with Crippen LogP contribution in [0.25, 0.3) is 0 Å². The number of hydrogen-bond acceptors (Lipinski definition) is 3. The first-order valence-electron chi connectivity index (χ1n) is 7.44. The van der Waals surface area contributed by atoms with Gasteiger partial charge in [0, 0.05) is 18.7 Å². The van der Waals surface area contributed by atoms with Gasteiger partial charge in [-0.1, -0.05) is 32.9 Å². The Hall–Kier alpha value is -1.39. The zero-order chi connectivity index (χ0) is 15.8. The van der Waals surface area contributed by atoms with E-state index in [1.165, 1.54) is 5.56 Å². The Morgan fingerprint density at radius 3 is 2.19 bits per heavy atom. The van der Waals surface area contributed by atoms with Gasteiger partial charge in [-0.3, -0.25) is 4.79 Å². The quantitative estimate of drug-likeness (QED) is 0.902. The van der Waals surface area contributed by atoms with Gasteiger partial charge in [0.25, 0.3) is 5.91 Å².